The molecule has 6 nitrogen and oxygen atoms in total. The van der Waals surface area contributed by atoms with Crippen LogP contribution in [0.5, 0.6) is 5.75 Å². The zero-order valence-electron chi connectivity index (χ0n) is 13.3. The lowest BCUT2D eigenvalue weighted by Crippen LogP contribution is -2.37. The lowest BCUT2D eigenvalue weighted by molar-refractivity contribution is 0.0358. The van der Waals surface area contributed by atoms with Crippen LogP contribution in [0.2, 0.25) is 0 Å². The number of fused-ring (bicyclic) bond motifs is 2. The van der Waals surface area contributed by atoms with Gasteiger partial charge in [0, 0.05) is 36.5 Å². The fraction of sp³-hybridized carbons (Fsp3) is 0.389. The second-order valence-electron chi connectivity index (χ2n) is 5.87. The maximum atomic E-state index is 11.6. The van der Waals surface area contributed by atoms with E-state index in [1.165, 1.54) is 6.07 Å². The number of rotatable bonds is 5. The molecule has 0 atom stereocenters. The summed E-state index contributed by atoms with van der Waals surface area (Å²) in [5, 5.41) is 1.76. The Morgan fingerprint density at radius 3 is 2.79 bits per heavy atom. The molecular weight excluding hydrogens is 310 g/mol. The molecule has 3 heterocycles. The fourth-order valence-corrected chi connectivity index (χ4v) is 3.02. The molecule has 0 saturated carbocycles. The summed E-state index contributed by atoms with van der Waals surface area (Å²) in [6, 6.07) is 6.96. The van der Waals surface area contributed by atoms with E-state index < -0.39 is 5.63 Å². The molecular formula is C18H19NO5. The third-order valence-corrected chi connectivity index (χ3v) is 4.25. The zero-order valence-corrected chi connectivity index (χ0v) is 13.3. The standard InChI is InChI=1S/C18H19NO5/c20-15-3-2-13-12-14-4-9-23-16(14)18(17(13)24-15)22-8-1-5-19-6-10-21-11-7-19/h2-4,9,12H,1,5-8,10-11H2. The van der Waals surface area contributed by atoms with Crippen molar-refractivity contribution in [1.82, 2.24) is 4.90 Å². The first-order valence-electron chi connectivity index (χ1n) is 8.18. The molecule has 2 aromatic heterocycles. The number of nitrogens with zero attached hydrogens (tertiary/aromatic N) is 1. The van der Waals surface area contributed by atoms with E-state index >= 15 is 0 Å². The van der Waals surface area contributed by atoms with E-state index in [2.05, 4.69) is 4.90 Å². The third kappa shape index (κ3) is 3.02. The van der Waals surface area contributed by atoms with Gasteiger partial charge in [-0.2, -0.15) is 0 Å². The van der Waals surface area contributed by atoms with E-state index in [1.807, 2.05) is 12.1 Å². The van der Waals surface area contributed by atoms with Crippen LogP contribution in [0.4, 0.5) is 0 Å². The first kappa shape index (κ1) is 15.2. The summed E-state index contributed by atoms with van der Waals surface area (Å²) in [4.78, 5) is 13.9. The number of hydrogen-bond donors (Lipinski definition) is 0. The van der Waals surface area contributed by atoms with Gasteiger partial charge in [0.1, 0.15) is 0 Å². The molecule has 0 aliphatic carbocycles. The van der Waals surface area contributed by atoms with E-state index in [0.29, 0.717) is 23.5 Å². The highest BCUT2D eigenvalue weighted by Gasteiger charge is 2.15. The molecule has 0 bridgehead atoms. The summed E-state index contributed by atoms with van der Waals surface area (Å²) in [5.74, 6) is 0.507. The van der Waals surface area contributed by atoms with Crippen LogP contribution in [0.1, 0.15) is 6.42 Å². The van der Waals surface area contributed by atoms with Crippen LogP contribution in [-0.4, -0.2) is 44.4 Å². The molecule has 4 rings (SSSR count). The number of benzene rings is 1. The Labute approximate surface area is 138 Å². The van der Waals surface area contributed by atoms with E-state index in [-0.39, 0.29) is 0 Å². The summed E-state index contributed by atoms with van der Waals surface area (Å²) >= 11 is 0. The van der Waals surface area contributed by atoms with Crippen LogP contribution in [0, 0.1) is 0 Å². The highest BCUT2D eigenvalue weighted by atomic mass is 16.5. The van der Waals surface area contributed by atoms with Crippen molar-refractivity contribution < 1.29 is 18.3 Å². The Bertz CT molecular complexity index is 891. The Hall–Kier alpha value is -2.31. The average Bonchev–Trinajstić information content (AvgIpc) is 3.07. The number of hydrogen-bond acceptors (Lipinski definition) is 6. The van der Waals surface area contributed by atoms with Crippen molar-refractivity contribution in [3.05, 3.63) is 40.9 Å². The predicted octanol–water partition coefficient (Wildman–Crippen LogP) is 2.64. The van der Waals surface area contributed by atoms with E-state index in [9.17, 15) is 4.79 Å². The van der Waals surface area contributed by atoms with Gasteiger partial charge in [0.25, 0.3) is 0 Å². The van der Waals surface area contributed by atoms with Gasteiger partial charge in [-0.05, 0) is 24.6 Å². The van der Waals surface area contributed by atoms with Crippen molar-refractivity contribution in [1.29, 1.82) is 0 Å². The monoisotopic (exact) mass is 329 g/mol. The van der Waals surface area contributed by atoms with Crippen molar-refractivity contribution in [2.75, 3.05) is 39.5 Å². The molecule has 1 aliphatic rings. The van der Waals surface area contributed by atoms with Gasteiger partial charge in [0.2, 0.25) is 5.75 Å². The highest BCUT2D eigenvalue weighted by Crippen LogP contribution is 2.34. The van der Waals surface area contributed by atoms with Crippen molar-refractivity contribution in [2.24, 2.45) is 0 Å². The third-order valence-electron chi connectivity index (χ3n) is 4.25. The molecule has 1 saturated heterocycles. The Morgan fingerprint density at radius 1 is 1.08 bits per heavy atom. The molecule has 3 aromatic rings. The number of morpholine rings is 1. The van der Waals surface area contributed by atoms with Crippen LogP contribution < -0.4 is 10.4 Å². The van der Waals surface area contributed by atoms with E-state index in [0.717, 1.165) is 50.0 Å². The van der Waals surface area contributed by atoms with Gasteiger partial charge in [-0.3, -0.25) is 4.90 Å². The molecule has 24 heavy (non-hydrogen) atoms. The summed E-state index contributed by atoms with van der Waals surface area (Å²) in [6.07, 6.45) is 2.50. The quantitative estimate of drug-likeness (QED) is 0.530. The van der Waals surface area contributed by atoms with Crippen LogP contribution in [0.3, 0.4) is 0 Å². The smallest absolute Gasteiger partial charge is 0.336 e. The fourth-order valence-electron chi connectivity index (χ4n) is 3.02. The lowest BCUT2D eigenvalue weighted by atomic mass is 10.1. The first-order valence-corrected chi connectivity index (χ1v) is 8.18. The Balaban J connectivity index is 1.53. The largest absolute Gasteiger partial charge is 0.486 e. The van der Waals surface area contributed by atoms with Crippen LogP contribution in [-0.2, 0) is 4.74 Å². The molecule has 6 heteroatoms. The Morgan fingerprint density at radius 2 is 1.92 bits per heavy atom. The highest BCUT2D eigenvalue weighted by molar-refractivity contribution is 5.99. The number of ether oxygens (including phenoxy) is 2. The second kappa shape index (κ2) is 6.67. The van der Waals surface area contributed by atoms with E-state index in [1.54, 1.807) is 12.3 Å². The Kier molecular flexibility index (Phi) is 4.23. The van der Waals surface area contributed by atoms with Crippen molar-refractivity contribution in [2.45, 2.75) is 6.42 Å². The topological polar surface area (TPSA) is 65.0 Å². The maximum absolute atomic E-state index is 11.6. The molecule has 1 fully saturated rings. The van der Waals surface area contributed by atoms with E-state index in [4.69, 9.17) is 18.3 Å². The summed E-state index contributed by atoms with van der Waals surface area (Å²) in [7, 11) is 0. The predicted molar refractivity (Wildman–Crippen MR) is 89.6 cm³/mol. The average molecular weight is 329 g/mol. The molecule has 1 aliphatic heterocycles. The number of furan rings is 1. The van der Waals surface area contributed by atoms with Gasteiger partial charge in [0.05, 0.1) is 26.1 Å². The zero-order chi connectivity index (χ0) is 16.4. The van der Waals surface area contributed by atoms with Crippen molar-refractivity contribution in [3.8, 4) is 5.75 Å². The van der Waals surface area contributed by atoms with Gasteiger partial charge in [0.15, 0.2) is 11.2 Å². The molecule has 0 N–H and O–H groups in total. The first-order chi connectivity index (χ1) is 11.8. The minimum absolute atomic E-state index is 0.397. The normalized spacial score (nSPS) is 16.0. The summed E-state index contributed by atoms with van der Waals surface area (Å²) in [6.45, 7) is 5.01. The molecule has 0 spiro atoms. The minimum Gasteiger partial charge on any atom is -0.486 e. The summed E-state index contributed by atoms with van der Waals surface area (Å²) in [5.41, 5.74) is 0.658. The molecule has 0 radical (unpaired) electrons. The van der Waals surface area contributed by atoms with Gasteiger partial charge in [-0.15, -0.1) is 0 Å². The van der Waals surface area contributed by atoms with Gasteiger partial charge < -0.3 is 18.3 Å². The van der Waals surface area contributed by atoms with Crippen molar-refractivity contribution in [3.63, 3.8) is 0 Å². The molecule has 126 valence electrons. The minimum atomic E-state index is -0.397. The lowest BCUT2D eigenvalue weighted by Gasteiger charge is -2.26. The molecule has 0 unspecified atom stereocenters. The van der Waals surface area contributed by atoms with Crippen molar-refractivity contribution >= 4 is 21.9 Å². The second-order valence-corrected chi connectivity index (χ2v) is 5.87. The van der Waals surface area contributed by atoms with Crippen LogP contribution in [0.15, 0.2) is 44.2 Å². The van der Waals surface area contributed by atoms with Gasteiger partial charge in [-0.1, -0.05) is 0 Å². The van der Waals surface area contributed by atoms with Gasteiger partial charge in [-0.25, -0.2) is 4.79 Å². The SMILES string of the molecule is O=c1ccc2cc3ccoc3c(OCCCN3CCOCC3)c2o1. The van der Waals surface area contributed by atoms with Crippen LogP contribution in [0.25, 0.3) is 21.9 Å². The van der Waals surface area contributed by atoms with Crippen LogP contribution >= 0.6 is 0 Å². The van der Waals surface area contributed by atoms with Gasteiger partial charge >= 0.3 is 5.63 Å². The summed E-state index contributed by atoms with van der Waals surface area (Å²) < 4.78 is 22.2. The molecule has 1 aromatic carbocycles. The maximum Gasteiger partial charge on any atom is 0.336 e. The molecule has 0 amide bonds.